The number of anilines is 2. The standard InChI is InChI=1S/C19H29N3O3/c23-15(21-14-8-4-2-1-3-5-9-14)10-11-20-16-17(19(25)18(16)24)22-12-6-7-13-22/h14,20H,1-13H2,(H,21,23). The van der Waals surface area contributed by atoms with Gasteiger partial charge in [-0.2, -0.15) is 0 Å². The first-order valence-corrected chi connectivity index (χ1v) is 9.78. The summed E-state index contributed by atoms with van der Waals surface area (Å²) in [4.78, 5) is 37.7. The van der Waals surface area contributed by atoms with Crippen LogP contribution in [0.3, 0.4) is 0 Å². The van der Waals surface area contributed by atoms with E-state index in [1.54, 1.807) is 0 Å². The first kappa shape index (κ1) is 18.0. The molecule has 1 aliphatic heterocycles. The predicted octanol–water partition coefficient (Wildman–Crippen LogP) is 1.91. The van der Waals surface area contributed by atoms with Crippen molar-refractivity contribution in [1.82, 2.24) is 5.32 Å². The van der Waals surface area contributed by atoms with E-state index in [1.807, 2.05) is 4.90 Å². The number of nitrogens with zero attached hydrogens (tertiary/aromatic N) is 1. The van der Waals surface area contributed by atoms with Crippen molar-refractivity contribution in [2.24, 2.45) is 0 Å². The first-order chi connectivity index (χ1) is 12.2. The summed E-state index contributed by atoms with van der Waals surface area (Å²) in [7, 11) is 0. The van der Waals surface area contributed by atoms with Gasteiger partial charge in [-0.15, -0.1) is 0 Å². The third-order valence-corrected chi connectivity index (χ3v) is 5.43. The van der Waals surface area contributed by atoms with Crippen LogP contribution in [0.15, 0.2) is 9.59 Å². The number of amides is 1. The van der Waals surface area contributed by atoms with E-state index in [9.17, 15) is 14.4 Å². The van der Waals surface area contributed by atoms with Crippen molar-refractivity contribution in [3.8, 4) is 0 Å². The van der Waals surface area contributed by atoms with Crippen LogP contribution in [0.1, 0.15) is 64.2 Å². The van der Waals surface area contributed by atoms with Crippen LogP contribution in [0, 0.1) is 0 Å². The highest BCUT2D eigenvalue weighted by atomic mass is 16.2. The van der Waals surface area contributed by atoms with Crippen molar-refractivity contribution in [3.63, 3.8) is 0 Å². The molecule has 1 aromatic carbocycles. The molecule has 1 amide bonds. The minimum absolute atomic E-state index is 0.0273. The fourth-order valence-corrected chi connectivity index (χ4v) is 3.99. The van der Waals surface area contributed by atoms with Gasteiger partial charge in [0.1, 0.15) is 11.4 Å². The van der Waals surface area contributed by atoms with Crippen LogP contribution in [0.2, 0.25) is 0 Å². The zero-order valence-corrected chi connectivity index (χ0v) is 14.9. The Balaban J connectivity index is 1.45. The second-order valence-electron chi connectivity index (χ2n) is 7.36. The Labute approximate surface area is 148 Å². The fraction of sp³-hybridized carbons (Fsp3) is 0.737. The molecule has 0 bridgehead atoms. The minimum atomic E-state index is -0.442. The van der Waals surface area contributed by atoms with E-state index in [0.717, 1.165) is 38.8 Å². The van der Waals surface area contributed by atoms with E-state index in [2.05, 4.69) is 10.6 Å². The van der Waals surface area contributed by atoms with E-state index in [4.69, 9.17) is 0 Å². The maximum atomic E-state index is 12.2. The van der Waals surface area contributed by atoms with Crippen LogP contribution >= 0.6 is 0 Å². The summed E-state index contributed by atoms with van der Waals surface area (Å²) in [5, 5.41) is 6.15. The molecule has 0 spiro atoms. The molecule has 2 aliphatic rings. The normalized spacial score (nSPS) is 19.6. The highest BCUT2D eigenvalue weighted by Crippen LogP contribution is 2.24. The molecular formula is C19H29N3O3. The number of hydrogen-bond donors (Lipinski definition) is 2. The zero-order chi connectivity index (χ0) is 17.6. The molecule has 1 aromatic rings. The van der Waals surface area contributed by atoms with Gasteiger partial charge < -0.3 is 15.5 Å². The first-order valence-electron chi connectivity index (χ1n) is 9.78. The van der Waals surface area contributed by atoms with Crippen molar-refractivity contribution in [2.45, 2.75) is 70.3 Å². The molecule has 1 heterocycles. The van der Waals surface area contributed by atoms with Crippen molar-refractivity contribution >= 4 is 17.3 Å². The average molecular weight is 347 g/mol. The number of carbonyl (C=O) groups is 1. The van der Waals surface area contributed by atoms with Gasteiger partial charge >= 0.3 is 0 Å². The molecular weight excluding hydrogens is 318 g/mol. The third kappa shape index (κ3) is 4.41. The number of hydrogen-bond acceptors (Lipinski definition) is 5. The maximum Gasteiger partial charge on any atom is 0.253 e. The van der Waals surface area contributed by atoms with Gasteiger partial charge in [0.2, 0.25) is 5.91 Å². The molecule has 1 aliphatic carbocycles. The van der Waals surface area contributed by atoms with Crippen LogP contribution in [0.5, 0.6) is 0 Å². The summed E-state index contributed by atoms with van der Waals surface area (Å²) < 4.78 is 0. The van der Waals surface area contributed by atoms with Crippen LogP contribution in [-0.2, 0) is 4.79 Å². The van der Waals surface area contributed by atoms with Gasteiger partial charge in [0.15, 0.2) is 0 Å². The van der Waals surface area contributed by atoms with Crippen LogP contribution in [-0.4, -0.2) is 31.6 Å². The van der Waals surface area contributed by atoms with Gasteiger partial charge in [-0.25, -0.2) is 0 Å². The highest BCUT2D eigenvalue weighted by molar-refractivity contribution is 5.78. The molecule has 3 rings (SSSR count). The predicted molar refractivity (Wildman–Crippen MR) is 100 cm³/mol. The molecule has 1 saturated carbocycles. The Morgan fingerprint density at radius 1 is 0.920 bits per heavy atom. The molecule has 0 atom stereocenters. The van der Waals surface area contributed by atoms with E-state index < -0.39 is 5.43 Å². The quantitative estimate of drug-likeness (QED) is 0.769. The second-order valence-corrected chi connectivity index (χ2v) is 7.36. The zero-order valence-electron chi connectivity index (χ0n) is 14.9. The number of nitrogens with one attached hydrogen (secondary N) is 2. The lowest BCUT2D eigenvalue weighted by Gasteiger charge is -2.23. The lowest BCUT2D eigenvalue weighted by Crippen LogP contribution is -2.42. The van der Waals surface area contributed by atoms with Crippen molar-refractivity contribution in [2.75, 3.05) is 29.9 Å². The lowest BCUT2D eigenvalue weighted by molar-refractivity contribution is -0.121. The van der Waals surface area contributed by atoms with Gasteiger partial charge in [0.25, 0.3) is 10.9 Å². The van der Waals surface area contributed by atoms with Crippen LogP contribution in [0.25, 0.3) is 0 Å². The summed E-state index contributed by atoms with van der Waals surface area (Å²) in [6, 6.07) is 0.291. The largest absolute Gasteiger partial charge is 0.379 e. The van der Waals surface area contributed by atoms with Gasteiger partial charge in [-0.05, 0) is 25.7 Å². The van der Waals surface area contributed by atoms with E-state index >= 15 is 0 Å². The van der Waals surface area contributed by atoms with Crippen LogP contribution in [0.4, 0.5) is 11.4 Å². The Morgan fingerprint density at radius 2 is 1.56 bits per heavy atom. The van der Waals surface area contributed by atoms with Gasteiger partial charge in [0.05, 0.1) is 0 Å². The average Bonchev–Trinajstić information content (AvgIpc) is 3.09. The Bertz CT molecular complexity index is 649. The fourth-order valence-electron chi connectivity index (χ4n) is 3.99. The summed E-state index contributed by atoms with van der Waals surface area (Å²) in [5.74, 6) is 0.0273. The summed E-state index contributed by atoms with van der Waals surface area (Å²) in [6.45, 7) is 2.06. The summed E-state index contributed by atoms with van der Waals surface area (Å²) in [5.41, 5.74) is 0.110. The second kappa shape index (κ2) is 8.50. The Hall–Kier alpha value is -1.85. The van der Waals surface area contributed by atoms with Crippen molar-refractivity contribution < 1.29 is 4.79 Å². The van der Waals surface area contributed by atoms with Gasteiger partial charge in [-0.1, -0.05) is 32.1 Å². The van der Waals surface area contributed by atoms with E-state index in [0.29, 0.717) is 30.4 Å². The van der Waals surface area contributed by atoms with Crippen molar-refractivity contribution in [1.29, 1.82) is 0 Å². The Kier molecular flexibility index (Phi) is 6.10. The Morgan fingerprint density at radius 3 is 2.24 bits per heavy atom. The lowest BCUT2D eigenvalue weighted by atomic mass is 9.96. The highest BCUT2D eigenvalue weighted by Gasteiger charge is 2.27. The van der Waals surface area contributed by atoms with E-state index in [1.165, 1.54) is 32.1 Å². The maximum absolute atomic E-state index is 12.2. The molecule has 25 heavy (non-hydrogen) atoms. The topological polar surface area (TPSA) is 78.5 Å². The van der Waals surface area contributed by atoms with Crippen LogP contribution < -0.4 is 26.4 Å². The smallest absolute Gasteiger partial charge is 0.253 e. The molecule has 1 saturated heterocycles. The number of rotatable bonds is 6. The molecule has 138 valence electrons. The summed E-state index contributed by atoms with van der Waals surface area (Å²) >= 11 is 0. The number of carbonyl (C=O) groups excluding carboxylic acids is 1. The molecule has 2 N–H and O–H groups in total. The minimum Gasteiger partial charge on any atom is -0.379 e. The molecule has 2 fully saturated rings. The summed E-state index contributed by atoms with van der Waals surface area (Å²) in [6.07, 6.45) is 10.8. The molecule has 0 aromatic heterocycles. The third-order valence-electron chi connectivity index (χ3n) is 5.43. The SMILES string of the molecule is O=C(CCNc1c(N2CCCC2)c(=O)c1=O)NC1CCCCCCC1. The molecule has 6 heteroatoms. The molecule has 6 nitrogen and oxygen atoms in total. The van der Waals surface area contributed by atoms with Crippen molar-refractivity contribution in [3.05, 3.63) is 20.4 Å². The molecule has 0 radical (unpaired) electrons. The monoisotopic (exact) mass is 347 g/mol. The van der Waals surface area contributed by atoms with Gasteiger partial charge in [0, 0.05) is 32.1 Å². The van der Waals surface area contributed by atoms with Gasteiger partial charge in [-0.3, -0.25) is 14.4 Å². The van der Waals surface area contributed by atoms with E-state index in [-0.39, 0.29) is 11.3 Å². The molecule has 0 unspecified atom stereocenters.